The van der Waals surface area contributed by atoms with Crippen molar-refractivity contribution < 1.29 is 18.8 Å². The molecule has 0 bridgehead atoms. The molecule has 1 saturated heterocycles. The van der Waals surface area contributed by atoms with E-state index in [2.05, 4.69) is 5.32 Å². The van der Waals surface area contributed by atoms with Crippen LogP contribution in [0.3, 0.4) is 0 Å². The lowest BCUT2D eigenvalue weighted by Gasteiger charge is -2.37. The SMILES string of the molecule is CC[C@H](C(=O)Nc1cc(C)cc(C)c1)N1CCN(Cc2ccc(F)cc2)C(=O)C1=O. The van der Waals surface area contributed by atoms with Crippen LogP contribution in [0.15, 0.2) is 42.5 Å². The first kappa shape index (κ1) is 21.5. The molecule has 3 rings (SSSR count). The molecule has 3 amide bonds. The molecule has 30 heavy (non-hydrogen) atoms. The van der Waals surface area contributed by atoms with Crippen LogP contribution in [0.25, 0.3) is 0 Å². The third-order valence-corrected chi connectivity index (χ3v) is 5.18. The van der Waals surface area contributed by atoms with Crippen LogP contribution >= 0.6 is 0 Å². The molecule has 0 unspecified atom stereocenters. The molecule has 2 aromatic carbocycles. The third kappa shape index (κ3) is 4.84. The Morgan fingerprint density at radius 2 is 1.67 bits per heavy atom. The maximum Gasteiger partial charge on any atom is 0.312 e. The zero-order chi connectivity index (χ0) is 21.8. The van der Waals surface area contributed by atoms with Crippen molar-refractivity contribution in [2.24, 2.45) is 0 Å². The normalized spacial score (nSPS) is 15.3. The number of nitrogens with zero attached hydrogens (tertiary/aromatic N) is 2. The van der Waals surface area contributed by atoms with Crippen molar-refractivity contribution in [3.8, 4) is 0 Å². The minimum atomic E-state index is -0.727. The monoisotopic (exact) mass is 411 g/mol. The Balaban J connectivity index is 1.68. The summed E-state index contributed by atoms with van der Waals surface area (Å²) in [7, 11) is 0. The molecule has 0 aliphatic carbocycles. The second kappa shape index (κ2) is 9.07. The molecule has 6 nitrogen and oxygen atoms in total. The van der Waals surface area contributed by atoms with Crippen LogP contribution in [0.2, 0.25) is 0 Å². The number of hydrogen-bond donors (Lipinski definition) is 1. The van der Waals surface area contributed by atoms with Gasteiger partial charge in [0, 0.05) is 25.3 Å². The number of rotatable bonds is 6. The summed E-state index contributed by atoms with van der Waals surface area (Å²) in [6.45, 7) is 6.52. The van der Waals surface area contributed by atoms with Gasteiger partial charge in [-0.15, -0.1) is 0 Å². The molecule has 2 aromatic rings. The lowest BCUT2D eigenvalue weighted by molar-refractivity contribution is -0.159. The Morgan fingerprint density at radius 1 is 1.03 bits per heavy atom. The van der Waals surface area contributed by atoms with Crippen LogP contribution in [-0.4, -0.2) is 46.7 Å². The number of amides is 3. The van der Waals surface area contributed by atoms with Gasteiger partial charge in [-0.25, -0.2) is 4.39 Å². The zero-order valence-electron chi connectivity index (χ0n) is 17.4. The summed E-state index contributed by atoms with van der Waals surface area (Å²) in [5.41, 5.74) is 3.47. The van der Waals surface area contributed by atoms with Crippen molar-refractivity contribution in [3.05, 3.63) is 65.0 Å². The molecule has 1 aliphatic rings. The first-order valence-electron chi connectivity index (χ1n) is 10.0. The first-order chi connectivity index (χ1) is 14.3. The molecule has 1 heterocycles. The van der Waals surface area contributed by atoms with E-state index in [-0.39, 0.29) is 24.8 Å². The van der Waals surface area contributed by atoms with E-state index in [1.54, 1.807) is 12.1 Å². The first-order valence-corrected chi connectivity index (χ1v) is 10.0. The lowest BCUT2D eigenvalue weighted by Crippen LogP contribution is -2.59. The minimum absolute atomic E-state index is 0.226. The van der Waals surface area contributed by atoms with Gasteiger partial charge in [0.25, 0.3) is 0 Å². The molecule has 1 fully saturated rings. The van der Waals surface area contributed by atoms with E-state index in [4.69, 9.17) is 0 Å². The molecule has 1 N–H and O–H groups in total. The second-order valence-electron chi connectivity index (χ2n) is 7.64. The Bertz CT molecular complexity index is 938. The predicted molar refractivity (Wildman–Crippen MR) is 112 cm³/mol. The van der Waals surface area contributed by atoms with Crippen molar-refractivity contribution in [1.82, 2.24) is 9.80 Å². The van der Waals surface area contributed by atoms with E-state index < -0.39 is 17.9 Å². The molecule has 158 valence electrons. The van der Waals surface area contributed by atoms with Gasteiger partial charge in [0.2, 0.25) is 5.91 Å². The molecule has 0 aromatic heterocycles. The van der Waals surface area contributed by atoms with Crippen molar-refractivity contribution >= 4 is 23.4 Å². The molecule has 0 spiro atoms. The highest BCUT2D eigenvalue weighted by Crippen LogP contribution is 2.18. The van der Waals surface area contributed by atoms with E-state index in [1.807, 2.05) is 39.0 Å². The van der Waals surface area contributed by atoms with Gasteiger partial charge < -0.3 is 15.1 Å². The molecule has 0 radical (unpaired) electrons. The Labute approximate surface area is 175 Å². The molecule has 1 aliphatic heterocycles. The number of carbonyl (C=O) groups is 3. The highest BCUT2D eigenvalue weighted by molar-refractivity contribution is 6.35. The maximum atomic E-state index is 13.1. The Hall–Kier alpha value is -3.22. The van der Waals surface area contributed by atoms with Crippen LogP contribution < -0.4 is 5.32 Å². The van der Waals surface area contributed by atoms with Gasteiger partial charge in [-0.05, 0) is 61.2 Å². The fourth-order valence-electron chi connectivity index (χ4n) is 3.77. The number of piperazine rings is 1. The van der Waals surface area contributed by atoms with Gasteiger partial charge in [0.15, 0.2) is 0 Å². The van der Waals surface area contributed by atoms with Crippen LogP contribution in [0.4, 0.5) is 10.1 Å². The van der Waals surface area contributed by atoms with Crippen molar-refractivity contribution in [3.63, 3.8) is 0 Å². The third-order valence-electron chi connectivity index (χ3n) is 5.18. The van der Waals surface area contributed by atoms with Gasteiger partial charge >= 0.3 is 11.8 Å². The van der Waals surface area contributed by atoms with E-state index in [1.165, 1.54) is 21.9 Å². The zero-order valence-corrected chi connectivity index (χ0v) is 17.4. The summed E-state index contributed by atoms with van der Waals surface area (Å²) in [6, 6.07) is 10.8. The largest absolute Gasteiger partial charge is 0.328 e. The summed E-state index contributed by atoms with van der Waals surface area (Å²) >= 11 is 0. The van der Waals surface area contributed by atoms with Crippen LogP contribution in [0.1, 0.15) is 30.0 Å². The number of nitrogens with one attached hydrogen (secondary N) is 1. The van der Waals surface area contributed by atoms with Crippen LogP contribution in [0, 0.1) is 19.7 Å². The maximum absolute atomic E-state index is 13.1. The number of anilines is 1. The van der Waals surface area contributed by atoms with E-state index in [0.29, 0.717) is 18.7 Å². The highest BCUT2D eigenvalue weighted by atomic mass is 19.1. The van der Waals surface area contributed by atoms with Gasteiger partial charge in [-0.1, -0.05) is 25.1 Å². The molecule has 1 atom stereocenters. The summed E-state index contributed by atoms with van der Waals surface area (Å²) in [5, 5.41) is 2.87. The number of aryl methyl sites for hydroxylation is 2. The smallest absolute Gasteiger partial charge is 0.312 e. The van der Waals surface area contributed by atoms with Crippen LogP contribution in [-0.2, 0) is 20.9 Å². The second-order valence-corrected chi connectivity index (χ2v) is 7.64. The predicted octanol–water partition coefficient (Wildman–Crippen LogP) is 3.03. The molecular formula is C23H26FN3O3. The highest BCUT2D eigenvalue weighted by Gasteiger charge is 2.38. The number of hydrogen-bond acceptors (Lipinski definition) is 3. The molecule has 0 saturated carbocycles. The lowest BCUT2D eigenvalue weighted by atomic mass is 10.1. The fourth-order valence-corrected chi connectivity index (χ4v) is 3.77. The topological polar surface area (TPSA) is 69.7 Å². The van der Waals surface area contributed by atoms with Gasteiger partial charge in [-0.3, -0.25) is 14.4 Å². The number of carbonyl (C=O) groups excluding carboxylic acids is 3. The fraction of sp³-hybridized carbons (Fsp3) is 0.348. The van der Waals surface area contributed by atoms with Gasteiger partial charge in [-0.2, -0.15) is 0 Å². The average molecular weight is 411 g/mol. The summed E-state index contributed by atoms with van der Waals surface area (Å²) in [6.07, 6.45) is 0.396. The van der Waals surface area contributed by atoms with E-state index >= 15 is 0 Å². The number of halogens is 1. The molecular weight excluding hydrogens is 385 g/mol. The van der Waals surface area contributed by atoms with Crippen molar-refractivity contribution in [2.75, 3.05) is 18.4 Å². The minimum Gasteiger partial charge on any atom is -0.328 e. The van der Waals surface area contributed by atoms with Crippen LogP contribution in [0.5, 0.6) is 0 Å². The van der Waals surface area contributed by atoms with Crippen molar-refractivity contribution in [1.29, 1.82) is 0 Å². The molecule has 7 heteroatoms. The van der Waals surface area contributed by atoms with E-state index in [9.17, 15) is 18.8 Å². The quantitative estimate of drug-likeness (QED) is 0.743. The standard InChI is InChI=1S/C23H26FN3O3/c1-4-20(21(28)25-19-12-15(2)11-16(3)13-19)27-10-9-26(22(29)23(27)30)14-17-5-7-18(24)8-6-17/h5-8,11-13,20H,4,9-10,14H2,1-3H3,(H,25,28)/t20-/m1/s1. The van der Waals surface area contributed by atoms with Gasteiger partial charge in [0.05, 0.1) is 0 Å². The summed E-state index contributed by atoms with van der Waals surface area (Å²) < 4.78 is 13.1. The summed E-state index contributed by atoms with van der Waals surface area (Å²) in [4.78, 5) is 41.0. The van der Waals surface area contributed by atoms with Crippen molar-refractivity contribution in [2.45, 2.75) is 39.8 Å². The average Bonchev–Trinajstić information content (AvgIpc) is 2.68. The number of benzene rings is 2. The summed E-state index contributed by atoms with van der Waals surface area (Å²) in [5.74, 6) is -2.00. The Kier molecular flexibility index (Phi) is 6.50. The van der Waals surface area contributed by atoms with Gasteiger partial charge in [0.1, 0.15) is 11.9 Å². The Morgan fingerprint density at radius 3 is 2.27 bits per heavy atom. The van der Waals surface area contributed by atoms with E-state index in [0.717, 1.165) is 16.7 Å².